The number of amides is 1. The van der Waals surface area contributed by atoms with Gasteiger partial charge in [0.05, 0.1) is 18.4 Å². The number of hydrogen-bond donors (Lipinski definition) is 3. The average molecular weight is 539 g/mol. The number of fused-ring (bicyclic) bond motifs is 1. The molecule has 4 N–H and O–H groups in total. The highest BCUT2D eigenvalue weighted by Crippen LogP contribution is 2.31. The van der Waals surface area contributed by atoms with Crippen molar-refractivity contribution in [2.45, 2.75) is 38.4 Å². The van der Waals surface area contributed by atoms with Crippen molar-refractivity contribution < 1.29 is 9.21 Å². The van der Waals surface area contributed by atoms with E-state index in [4.69, 9.17) is 10.2 Å². The van der Waals surface area contributed by atoms with E-state index >= 15 is 0 Å². The number of nitrogens with two attached hydrogens (primary N) is 1. The van der Waals surface area contributed by atoms with Crippen LogP contribution in [0, 0.1) is 6.92 Å². The van der Waals surface area contributed by atoms with E-state index in [1.165, 1.54) is 12.5 Å². The minimum atomic E-state index is -0.460. The zero-order chi connectivity index (χ0) is 27.8. The SMILES string of the molecule is Cc1cnc2ccc(-c3nc(C(=O)NCc4cccc(NC5CC(N(C)C)C5)n4)c(N)nc3-c3ncco3)cn12. The number of carbonyl (C=O) groups excluding carboxylic acids is 1. The van der Waals surface area contributed by atoms with E-state index in [9.17, 15) is 4.79 Å². The van der Waals surface area contributed by atoms with E-state index in [1.54, 1.807) is 6.20 Å². The molecule has 0 aliphatic heterocycles. The highest BCUT2D eigenvalue weighted by Gasteiger charge is 2.30. The molecule has 0 saturated heterocycles. The molecule has 1 fully saturated rings. The molecular formula is C28H30N10O2. The Hall–Kier alpha value is -4.84. The molecule has 1 amide bonds. The second-order valence-corrected chi connectivity index (χ2v) is 10.2. The van der Waals surface area contributed by atoms with Crippen LogP contribution in [0.4, 0.5) is 11.6 Å². The first-order valence-electron chi connectivity index (χ1n) is 13.0. The number of pyridine rings is 2. The Morgan fingerprint density at radius 2 is 1.98 bits per heavy atom. The van der Waals surface area contributed by atoms with Gasteiger partial charge in [0.2, 0.25) is 5.89 Å². The number of aryl methyl sites for hydroxylation is 1. The highest BCUT2D eigenvalue weighted by atomic mass is 16.3. The molecule has 1 aliphatic carbocycles. The van der Waals surface area contributed by atoms with E-state index in [-0.39, 0.29) is 23.9 Å². The van der Waals surface area contributed by atoms with Crippen molar-refractivity contribution in [3.05, 3.63) is 72.3 Å². The summed E-state index contributed by atoms with van der Waals surface area (Å²) in [5, 5.41) is 6.36. The maximum atomic E-state index is 13.3. The van der Waals surface area contributed by atoms with E-state index in [0.717, 1.165) is 30.0 Å². The summed E-state index contributed by atoms with van der Waals surface area (Å²) in [5.41, 5.74) is 10.1. The van der Waals surface area contributed by atoms with Gasteiger partial charge in [0.15, 0.2) is 17.2 Å². The Morgan fingerprint density at radius 3 is 2.75 bits per heavy atom. The van der Waals surface area contributed by atoms with E-state index in [0.29, 0.717) is 34.7 Å². The molecule has 0 aromatic carbocycles. The lowest BCUT2D eigenvalue weighted by atomic mass is 9.86. The van der Waals surface area contributed by atoms with Gasteiger partial charge >= 0.3 is 0 Å². The predicted octanol–water partition coefficient (Wildman–Crippen LogP) is 3.17. The van der Waals surface area contributed by atoms with Crippen molar-refractivity contribution in [1.29, 1.82) is 0 Å². The third-order valence-corrected chi connectivity index (χ3v) is 7.17. The van der Waals surface area contributed by atoms with Crippen molar-refractivity contribution >= 4 is 23.2 Å². The fraction of sp³-hybridized carbons (Fsp3) is 0.286. The maximum Gasteiger partial charge on any atom is 0.274 e. The first-order valence-corrected chi connectivity index (χ1v) is 13.0. The second-order valence-electron chi connectivity index (χ2n) is 10.2. The standard InChI is InChI=1S/C28H30N10O2/c1-16-13-31-22-8-7-17(15-38(16)22)23-24(28-30-9-10-40-28)36-26(29)25(35-23)27(39)32-14-18-5-4-6-21(33-18)34-19-11-20(12-19)37(2)3/h4-10,13,15,19-20H,11-12,14H2,1-3H3,(H2,29,36)(H,32,39)(H,33,34). The van der Waals surface area contributed by atoms with Gasteiger partial charge in [0, 0.05) is 35.7 Å². The quantitative estimate of drug-likeness (QED) is 0.268. The number of anilines is 2. The molecule has 204 valence electrons. The fourth-order valence-corrected chi connectivity index (χ4v) is 4.80. The summed E-state index contributed by atoms with van der Waals surface area (Å²) in [7, 11) is 4.20. The van der Waals surface area contributed by atoms with Crippen molar-refractivity contribution in [3.63, 3.8) is 0 Å². The predicted molar refractivity (Wildman–Crippen MR) is 150 cm³/mol. The minimum absolute atomic E-state index is 0.00577. The van der Waals surface area contributed by atoms with Gasteiger partial charge in [-0.25, -0.2) is 24.9 Å². The largest absolute Gasteiger partial charge is 0.443 e. The van der Waals surface area contributed by atoms with Crippen LogP contribution in [-0.2, 0) is 6.54 Å². The number of nitrogen functional groups attached to an aromatic ring is 1. The highest BCUT2D eigenvalue weighted by molar-refractivity contribution is 5.97. The van der Waals surface area contributed by atoms with Gasteiger partial charge in [-0.1, -0.05) is 6.07 Å². The van der Waals surface area contributed by atoms with Crippen LogP contribution < -0.4 is 16.4 Å². The Balaban J connectivity index is 1.23. The van der Waals surface area contributed by atoms with Gasteiger partial charge in [0.1, 0.15) is 23.4 Å². The monoisotopic (exact) mass is 538 g/mol. The van der Waals surface area contributed by atoms with Gasteiger partial charge in [-0.15, -0.1) is 0 Å². The Bertz CT molecular complexity index is 1670. The molecule has 12 heteroatoms. The number of nitrogens with one attached hydrogen (secondary N) is 2. The van der Waals surface area contributed by atoms with Gasteiger partial charge in [-0.2, -0.15) is 0 Å². The molecular weight excluding hydrogens is 508 g/mol. The molecule has 1 aliphatic rings. The molecule has 40 heavy (non-hydrogen) atoms. The third kappa shape index (κ3) is 4.96. The van der Waals surface area contributed by atoms with Gasteiger partial charge in [-0.05, 0) is 58.1 Å². The topological polar surface area (TPSA) is 152 Å². The molecule has 0 bridgehead atoms. The molecule has 5 heterocycles. The lowest BCUT2D eigenvalue weighted by Crippen LogP contribution is -2.47. The molecule has 0 atom stereocenters. The van der Waals surface area contributed by atoms with E-state index in [2.05, 4.69) is 54.5 Å². The number of oxazole rings is 1. The van der Waals surface area contributed by atoms with Gasteiger partial charge in [-0.3, -0.25) is 4.79 Å². The van der Waals surface area contributed by atoms with Crippen molar-refractivity contribution in [2.24, 2.45) is 0 Å². The van der Waals surface area contributed by atoms with E-state index in [1.807, 2.05) is 47.9 Å². The zero-order valence-electron chi connectivity index (χ0n) is 22.5. The molecule has 0 radical (unpaired) electrons. The number of imidazole rings is 1. The van der Waals surface area contributed by atoms with Crippen LogP contribution in [0.15, 0.2) is 59.6 Å². The summed E-state index contributed by atoms with van der Waals surface area (Å²) in [6, 6.07) is 10.4. The first-order chi connectivity index (χ1) is 19.4. The molecule has 1 saturated carbocycles. The fourth-order valence-electron chi connectivity index (χ4n) is 4.80. The van der Waals surface area contributed by atoms with Gasteiger partial charge < -0.3 is 30.1 Å². The van der Waals surface area contributed by atoms with Crippen LogP contribution in [0.2, 0.25) is 0 Å². The third-order valence-electron chi connectivity index (χ3n) is 7.17. The molecule has 5 aromatic rings. The summed E-state index contributed by atoms with van der Waals surface area (Å²) < 4.78 is 7.44. The van der Waals surface area contributed by atoms with Crippen LogP contribution in [0.25, 0.3) is 28.5 Å². The van der Waals surface area contributed by atoms with Crippen LogP contribution in [0.5, 0.6) is 0 Å². The molecule has 12 nitrogen and oxygen atoms in total. The molecule has 0 spiro atoms. The Kier molecular flexibility index (Phi) is 6.60. The number of nitrogens with zero attached hydrogens (tertiary/aromatic N) is 7. The minimum Gasteiger partial charge on any atom is -0.443 e. The van der Waals surface area contributed by atoms with Crippen LogP contribution in [0.3, 0.4) is 0 Å². The lowest BCUT2D eigenvalue weighted by Gasteiger charge is -2.40. The van der Waals surface area contributed by atoms with Crippen LogP contribution in [0.1, 0.15) is 34.7 Å². The smallest absolute Gasteiger partial charge is 0.274 e. The zero-order valence-corrected chi connectivity index (χ0v) is 22.5. The number of rotatable bonds is 8. The summed E-state index contributed by atoms with van der Waals surface area (Å²) in [5.74, 6) is 0.549. The average Bonchev–Trinajstić information content (AvgIpc) is 3.59. The molecule has 5 aromatic heterocycles. The summed E-state index contributed by atoms with van der Waals surface area (Å²) in [4.78, 5) is 37.9. The van der Waals surface area contributed by atoms with Crippen molar-refractivity contribution in [3.8, 4) is 22.8 Å². The molecule has 6 rings (SSSR count). The Labute approximate surface area is 230 Å². The normalized spacial score (nSPS) is 16.7. The molecule has 0 unspecified atom stereocenters. The summed E-state index contributed by atoms with van der Waals surface area (Å²) >= 11 is 0. The second kappa shape index (κ2) is 10.4. The number of carbonyl (C=O) groups is 1. The summed E-state index contributed by atoms with van der Waals surface area (Å²) in [6.07, 6.45) is 8.79. The van der Waals surface area contributed by atoms with E-state index < -0.39 is 5.91 Å². The first kappa shape index (κ1) is 25.4. The van der Waals surface area contributed by atoms with Crippen LogP contribution >= 0.6 is 0 Å². The van der Waals surface area contributed by atoms with Gasteiger partial charge in [0.25, 0.3) is 5.91 Å². The lowest BCUT2D eigenvalue weighted by molar-refractivity contribution is 0.0946. The van der Waals surface area contributed by atoms with Crippen LogP contribution in [-0.4, -0.2) is 66.3 Å². The Morgan fingerprint density at radius 1 is 1.12 bits per heavy atom. The maximum absolute atomic E-state index is 13.3. The van der Waals surface area contributed by atoms with Crippen molar-refractivity contribution in [2.75, 3.05) is 25.1 Å². The van der Waals surface area contributed by atoms with Crippen molar-refractivity contribution in [1.82, 2.24) is 39.5 Å². The number of aromatic nitrogens is 6. The number of hydrogen-bond acceptors (Lipinski definition) is 10. The summed E-state index contributed by atoms with van der Waals surface area (Å²) in [6.45, 7) is 2.16.